The van der Waals surface area contributed by atoms with Gasteiger partial charge in [0.2, 0.25) is 5.91 Å². The highest BCUT2D eigenvalue weighted by Gasteiger charge is 2.18. The second-order valence-corrected chi connectivity index (χ2v) is 11.3. The van der Waals surface area contributed by atoms with Crippen LogP contribution in [0.15, 0.2) is 108 Å². The van der Waals surface area contributed by atoms with Crippen molar-refractivity contribution in [3.8, 4) is 5.75 Å². The average Bonchev–Trinajstić information content (AvgIpc) is 2.99. The highest BCUT2D eigenvalue weighted by molar-refractivity contribution is 8.00. The third-order valence-electron chi connectivity index (χ3n) is 6.46. The van der Waals surface area contributed by atoms with Gasteiger partial charge in [-0.15, -0.1) is 11.8 Å². The molecule has 0 spiro atoms. The second-order valence-electron chi connectivity index (χ2n) is 9.90. The summed E-state index contributed by atoms with van der Waals surface area (Å²) in [6.07, 6.45) is 1.60. The third kappa shape index (κ3) is 8.83. The predicted molar refractivity (Wildman–Crippen MR) is 174 cm³/mol. The number of hydrogen-bond acceptors (Lipinski definition) is 5. The van der Waals surface area contributed by atoms with E-state index >= 15 is 0 Å². The van der Waals surface area contributed by atoms with Crippen molar-refractivity contribution in [2.75, 3.05) is 17.2 Å². The molecule has 0 aliphatic heterocycles. The summed E-state index contributed by atoms with van der Waals surface area (Å²) in [7, 11) is 0. The molecule has 220 valence electrons. The van der Waals surface area contributed by atoms with Gasteiger partial charge in [0.15, 0.2) is 0 Å². The Morgan fingerprint density at radius 1 is 0.860 bits per heavy atom. The van der Waals surface area contributed by atoms with E-state index in [0.29, 0.717) is 29.2 Å². The first-order chi connectivity index (χ1) is 20.7. The van der Waals surface area contributed by atoms with Crippen molar-refractivity contribution >= 4 is 46.9 Å². The van der Waals surface area contributed by atoms with E-state index in [1.807, 2.05) is 88.4 Å². The van der Waals surface area contributed by atoms with Crippen LogP contribution in [0.4, 0.5) is 11.4 Å². The van der Waals surface area contributed by atoms with Gasteiger partial charge in [-0.2, -0.15) is 0 Å². The summed E-state index contributed by atoms with van der Waals surface area (Å²) >= 11 is 1.38. The zero-order valence-corrected chi connectivity index (χ0v) is 25.5. The smallest absolute Gasteiger partial charge is 0.272 e. The molecule has 7 nitrogen and oxygen atoms in total. The molecular formula is C35H35N3O4S. The number of anilines is 2. The summed E-state index contributed by atoms with van der Waals surface area (Å²) in [6.45, 7) is 8.15. The number of aryl methyl sites for hydroxylation is 2. The molecule has 0 aliphatic carbocycles. The van der Waals surface area contributed by atoms with Crippen LogP contribution in [0.2, 0.25) is 0 Å². The van der Waals surface area contributed by atoms with E-state index in [0.717, 1.165) is 21.7 Å². The van der Waals surface area contributed by atoms with Crippen LogP contribution in [0, 0.1) is 13.8 Å². The minimum Gasteiger partial charge on any atom is -0.493 e. The van der Waals surface area contributed by atoms with Gasteiger partial charge < -0.3 is 20.7 Å². The molecule has 43 heavy (non-hydrogen) atoms. The van der Waals surface area contributed by atoms with Crippen molar-refractivity contribution in [3.05, 3.63) is 125 Å². The highest BCUT2D eigenvalue weighted by atomic mass is 32.2. The number of rotatable bonds is 11. The second kappa shape index (κ2) is 14.9. The first-order valence-electron chi connectivity index (χ1n) is 14.0. The Morgan fingerprint density at radius 2 is 1.60 bits per heavy atom. The normalized spacial score (nSPS) is 11.8. The maximum atomic E-state index is 13.5. The van der Waals surface area contributed by atoms with Crippen LogP contribution in [0.1, 0.15) is 40.9 Å². The minimum atomic E-state index is -0.502. The monoisotopic (exact) mass is 593 g/mol. The van der Waals surface area contributed by atoms with E-state index in [4.69, 9.17) is 4.74 Å². The topological polar surface area (TPSA) is 96.5 Å². The van der Waals surface area contributed by atoms with E-state index in [2.05, 4.69) is 16.0 Å². The minimum absolute atomic E-state index is 0.0558. The summed E-state index contributed by atoms with van der Waals surface area (Å²) in [5.74, 6) is -0.439. The van der Waals surface area contributed by atoms with Crippen LogP contribution < -0.4 is 20.7 Å². The lowest BCUT2D eigenvalue weighted by Crippen LogP contribution is -2.30. The van der Waals surface area contributed by atoms with Crippen LogP contribution in [0.25, 0.3) is 6.08 Å². The average molecular weight is 594 g/mol. The molecule has 0 saturated carbocycles. The van der Waals surface area contributed by atoms with Crippen LogP contribution in [0.3, 0.4) is 0 Å². The molecule has 4 aromatic rings. The van der Waals surface area contributed by atoms with Crippen LogP contribution in [0.5, 0.6) is 5.75 Å². The molecule has 4 aromatic carbocycles. The van der Waals surface area contributed by atoms with Gasteiger partial charge in [-0.05, 0) is 81.8 Å². The third-order valence-corrected chi connectivity index (χ3v) is 7.55. The zero-order valence-electron chi connectivity index (χ0n) is 24.6. The number of carbonyl (C=O) groups excluding carboxylic acids is 3. The first-order valence-corrected chi connectivity index (χ1v) is 14.9. The van der Waals surface area contributed by atoms with Crippen molar-refractivity contribution in [2.24, 2.45) is 0 Å². The fourth-order valence-electron chi connectivity index (χ4n) is 4.28. The van der Waals surface area contributed by atoms with E-state index in [-0.39, 0.29) is 16.9 Å². The SMILES string of the molecule is CCOc1ccccc1/C=C(/NC(=O)c1ccccc1)C(=O)Nc1cccc(SC(C)C(=O)Nc2ccc(C)cc2C)c1. The molecule has 3 N–H and O–H groups in total. The maximum absolute atomic E-state index is 13.5. The Morgan fingerprint density at radius 3 is 2.35 bits per heavy atom. The maximum Gasteiger partial charge on any atom is 0.272 e. The van der Waals surface area contributed by atoms with E-state index in [1.54, 1.807) is 42.5 Å². The van der Waals surface area contributed by atoms with Gasteiger partial charge in [-0.25, -0.2) is 0 Å². The Kier molecular flexibility index (Phi) is 10.8. The molecule has 0 fully saturated rings. The number of para-hydroxylation sites is 1. The summed E-state index contributed by atoms with van der Waals surface area (Å²) in [5.41, 5.74) is 4.57. The number of hydrogen-bond donors (Lipinski definition) is 3. The van der Waals surface area contributed by atoms with Crippen LogP contribution in [-0.4, -0.2) is 29.6 Å². The lowest BCUT2D eigenvalue weighted by Gasteiger charge is -2.15. The molecule has 1 unspecified atom stereocenters. The molecule has 1 atom stereocenters. The summed E-state index contributed by atoms with van der Waals surface area (Å²) in [6, 6.07) is 29.1. The van der Waals surface area contributed by atoms with Gasteiger partial charge in [0.25, 0.3) is 11.8 Å². The van der Waals surface area contributed by atoms with E-state index in [9.17, 15) is 14.4 Å². The molecule has 0 bridgehead atoms. The quantitative estimate of drug-likeness (QED) is 0.126. The Hall–Kier alpha value is -4.82. The van der Waals surface area contributed by atoms with Crippen LogP contribution in [-0.2, 0) is 9.59 Å². The number of carbonyl (C=O) groups is 3. The standard InChI is InChI=1S/C35H35N3O4S/c1-5-42-32-17-10-9-14-27(32)21-31(38-34(40)26-12-7-6-8-13-26)35(41)36-28-15-11-16-29(22-28)43-25(4)33(39)37-30-19-18-23(2)20-24(30)3/h6-22,25H,5H2,1-4H3,(H,36,41)(H,37,39)(H,38,40)/b31-21+. The molecular weight excluding hydrogens is 558 g/mol. The fourth-order valence-corrected chi connectivity index (χ4v) is 5.20. The number of amides is 3. The summed E-state index contributed by atoms with van der Waals surface area (Å²) in [4.78, 5) is 40.3. The number of nitrogens with one attached hydrogen (secondary N) is 3. The molecule has 0 saturated heterocycles. The van der Waals surface area contributed by atoms with Gasteiger partial charge in [0.1, 0.15) is 11.4 Å². The van der Waals surface area contributed by atoms with Crippen molar-refractivity contribution in [3.63, 3.8) is 0 Å². The van der Waals surface area contributed by atoms with Gasteiger partial charge in [0.05, 0.1) is 11.9 Å². The summed E-state index contributed by atoms with van der Waals surface area (Å²) < 4.78 is 5.72. The molecule has 0 aliphatic rings. The van der Waals surface area contributed by atoms with E-state index < -0.39 is 11.8 Å². The predicted octanol–water partition coefficient (Wildman–Crippen LogP) is 7.23. The zero-order chi connectivity index (χ0) is 30.8. The first kappa shape index (κ1) is 31.1. The van der Waals surface area contributed by atoms with Crippen molar-refractivity contribution in [1.29, 1.82) is 0 Å². The van der Waals surface area contributed by atoms with Crippen molar-refractivity contribution < 1.29 is 19.1 Å². The largest absolute Gasteiger partial charge is 0.493 e. The molecule has 4 rings (SSSR count). The van der Waals surface area contributed by atoms with Crippen molar-refractivity contribution in [2.45, 2.75) is 37.8 Å². The Balaban J connectivity index is 1.51. The van der Waals surface area contributed by atoms with E-state index in [1.165, 1.54) is 11.8 Å². The summed E-state index contributed by atoms with van der Waals surface area (Å²) in [5, 5.41) is 8.26. The highest BCUT2D eigenvalue weighted by Crippen LogP contribution is 2.28. The number of thioether (sulfide) groups is 1. The van der Waals surface area contributed by atoms with Crippen LogP contribution >= 0.6 is 11.8 Å². The molecule has 0 aromatic heterocycles. The van der Waals surface area contributed by atoms with Gasteiger partial charge in [-0.1, -0.05) is 60.2 Å². The Bertz CT molecular complexity index is 1640. The number of ether oxygens (including phenoxy) is 1. The van der Waals surface area contributed by atoms with Gasteiger partial charge in [-0.3, -0.25) is 14.4 Å². The molecule has 0 radical (unpaired) electrons. The lowest BCUT2D eigenvalue weighted by molar-refractivity contribution is -0.115. The number of benzene rings is 4. The van der Waals surface area contributed by atoms with Crippen molar-refractivity contribution in [1.82, 2.24) is 5.32 Å². The molecule has 0 heterocycles. The van der Waals surface area contributed by atoms with Gasteiger partial charge >= 0.3 is 0 Å². The lowest BCUT2D eigenvalue weighted by atomic mass is 10.1. The molecule has 3 amide bonds. The molecule has 8 heteroatoms. The van der Waals surface area contributed by atoms with Gasteiger partial charge in [0, 0.05) is 27.4 Å². The Labute approximate surface area is 256 Å². The fraction of sp³-hybridized carbons (Fsp3) is 0.171.